The number of ether oxygens (including phenoxy) is 2. The molecule has 1 aromatic heterocycles. The molecule has 0 aliphatic carbocycles. The molecule has 0 saturated carbocycles. The summed E-state index contributed by atoms with van der Waals surface area (Å²) >= 11 is 2.19. The van der Waals surface area contributed by atoms with Crippen molar-refractivity contribution in [3.05, 3.63) is 94.1 Å². The fourth-order valence-corrected chi connectivity index (χ4v) is 6.92. The Balaban J connectivity index is 1.39. The van der Waals surface area contributed by atoms with Crippen molar-refractivity contribution in [3.63, 3.8) is 0 Å². The van der Waals surface area contributed by atoms with Gasteiger partial charge in [-0.2, -0.15) is 0 Å². The van der Waals surface area contributed by atoms with Crippen LogP contribution in [0.1, 0.15) is 29.8 Å². The lowest BCUT2D eigenvalue weighted by Gasteiger charge is -2.49. The Labute approximate surface area is 297 Å². The SMILES string of the molecule is CC(=O)OCC1=C(C(=O)OC(c2ccccc2)c2ccccc2)N2C(=O)C(NC(=O)/C(=N/OCC(=O)NNC=O)c3csc(NC=O)n3)[C@H]2SC1. The number of carbonyl (C=O) groups is 7. The van der Waals surface area contributed by atoms with Gasteiger partial charge in [0.05, 0.1) is 0 Å². The third-order valence-electron chi connectivity index (χ3n) is 7.17. The number of anilines is 1. The highest BCUT2D eigenvalue weighted by Crippen LogP contribution is 2.41. The van der Waals surface area contributed by atoms with E-state index in [4.69, 9.17) is 14.3 Å². The number of hydrogen-bond acceptors (Lipinski definition) is 14. The van der Waals surface area contributed by atoms with Gasteiger partial charge in [0, 0.05) is 23.6 Å². The standard InChI is InChI=1S/C32H29N7O10S2/c1-18(42)47-12-21-14-50-30-25(36-28(44)24(22-15-51-32(35-22)33-16-40)38-48-13-23(43)37-34-17-41)29(45)39(30)26(21)31(46)49-27(19-8-4-2-5-9-19)20-10-6-3-7-11-20/h2-11,15-17,25,27,30H,12-14H2,1H3,(H,34,41)(H,36,44)(H,37,43)(H,33,35,40)/b38-24+/t25?,30-/m1/s1. The topological polar surface area (TPSA) is 224 Å². The monoisotopic (exact) mass is 735 g/mol. The van der Waals surface area contributed by atoms with E-state index in [1.54, 1.807) is 48.5 Å². The van der Waals surface area contributed by atoms with Gasteiger partial charge in [-0.25, -0.2) is 9.78 Å². The number of esters is 2. The van der Waals surface area contributed by atoms with Crippen LogP contribution in [0, 0.1) is 0 Å². The number of benzene rings is 2. The Morgan fingerprint density at radius 3 is 2.35 bits per heavy atom. The minimum absolute atomic E-state index is 0.0473. The molecule has 0 radical (unpaired) electrons. The highest BCUT2D eigenvalue weighted by Gasteiger charge is 2.55. The molecule has 2 aliphatic heterocycles. The fraction of sp³-hybridized carbons (Fsp3) is 0.219. The van der Waals surface area contributed by atoms with Crippen LogP contribution >= 0.6 is 23.1 Å². The van der Waals surface area contributed by atoms with Crippen LogP contribution in [0.25, 0.3) is 0 Å². The van der Waals surface area contributed by atoms with E-state index >= 15 is 0 Å². The number of nitrogens with zero attached hydrogens (tertiary/aromatic N) is 3. The number of thioether (sulfide) groups is 1. The number of β-lactam (4-membered cyclic amide) rings is 1. The second kappa shape index (κ2) is 17.0. The Kier molecular flexibility index (Phi) is 12.1. The van der Waals surface area contributed by atoms with Gasteiger partial charge in [0.2, 0.25) is 12.8 Å². The van der Waals surface area contributed by atoms with E-state index in [1.807, 2.05) is 23.0 Å². The number of aromatic nitrogens is 1. The van der Waals surface area contributed by atoms with Gasteiger partial charge in [0.25, 0.3) is 17.7 Å². The van der Waals surface area contributed by atoms with Crippen LogP contribution < -0.4 is 21.5 Å². The lowest BCUT2D eigenvalue weighted by molar-refractivity contribution is -0.154. The number of thiazole rings is 1. The summed E-state index contributed by atoms with van der Waals surface area (Å²) in [5.41, 5.74) is 5.06. The minimum Gasteiger partial charge on any atom is -0.461 e. The van der Waals surface area contributed by atoms with Crippen molar-refractivity contribution in [3.8, 4) is 0 Å². The summed E-state index contributed by atoms with van der Waals surface area (Å²) in [7, 11) is 0. The average molecular weight is 736 g/mol. The molecule has 1 unspecified atom stereocenters. The van der Waals surface area contributed by atoms with Crippen molar-refractivity contribution in [1.82, 2.24) is 26.1 Å². The molecule has 3 aromatic rings. The van der Waals surface area contributed by atoms with Gasteiger partial charge in [-0.3, -0.25) is 44.5 Å². The van der Waals surface area contributed by atoms with E-state index in [2.05, 4.69) is 20.8 Å². The minimum atomic E-state index is -1.16. The normalized spacial score (nSPS) is 16.6. The molecule has 0 spiro atoms. The summed E-state index contributed by atoms with van der Waals surface area (Å²) in [6.45, 7) is 0.243. The molecule has 1 fully saturated rings. The van der Waals surface area contributed by atoms with Crippen molar-refractivity contribution >= 4 is 76.4 Å². The maximum Gasteiger partial charge on any atom is 0.356 e. The van der Waals surface area contributed by atoms with Crippen molar-refractivity contribution in [2.75, 3.05) is 24.3 Å². The zero-order valence-corrected chi connectivity index (χ0v) is 28.2. The van der Waals surface area contributed by atoms with Crippen molar-refractivity contribution in [1.29, 1.82) is 0 Å². The number of carbonyl (C=O) groups excluding carboxylic acids is 7. The third-order valence-corrected chi connectivity index (χ3v) is 9.29. The lowest BCUT2D eigenvalue weighted by Crippen LogP contribution is -2.71. The van der Waals surface area contributed by atoms with Crippen LogP contribution in [0.5, 0.6) is 0 Å². The summed E-state index contributed by atoms with van der Waals surface area (Å²) in [6, 6.07) is 16.9. The third kappa shape index (κ3) is 8.75. The van der Waals surface area contributed by atoms with Crippen LogP contribution in [0.15, 0.2) is 82.5 Å². The summed E-state index contributed by atoms with van der Waals surface area (Å²) < 4.78 is 11.3. The van der Waals surface area contributed by atoms with E-state index in [9.17, 15) is 33.6 Å². The second-order valence-electron chi connectivity index (χ2n) is 10.5. The number of rotatable bonds is 16. The Morgan fingerprint density at radius 2 is 1.73 bits per heavy atom. The number of fused-ring (bicyclic) bond motifs is 1. The molecule has 5 rings (SSSR count). The highest BCUT2D eigenvalue weighted by molar-refractivity contribution is 8.00. The zero-order chi connectivity index (χ0) is 36.3. The maximum atomic E-state index is 14.0. The molecule has 264 valence electrons. The Morgan fingerprint density at radius 1 is 1.04 bits per heavy atom. The van der Waals surface area contributed by atoms with Gasteiger partial charge < -0.3 is 24.9 Å². The van der Waals surface area contributed by atoms with E-state index in [-0.39, 0.29) is 35.3 Å². The molecule has 19 heteroatoms. The number of hydrazine groups is 1. The van der Waals surface area contributed by atoms with Crippen LogP contribution in [-0.4, -0.2) is 88.5 Å². The zero-order valence-electron chi connectivity index (χ0n) is 26.6. The summed E-state index contributed by atoms with van der Waals surface area (Å²) in [5, 5.41) is 9.41. The first-order valence-electron chi connectivity index (χ1n) is 15.0. The number of nitrogens with one attached hydrogen (secondary N) is 4. The predicted octanol–water partition coefficient (Wildman–Crippen LogP) is 0.759. The molecule has 51 heavy (non-hydrogen) atoms. The molecule has 2 aliphatic rings. The van der Waals surface area contributed by atoms with Gasteiger partial charge in [-0.05, 0) is 11.1 Å². The summed E-state index contributed by atoms with van der Waals surface area (Å²) in [5.74, 6) is -3.66. The molecule has 1 saturated heterocycles. The number of hydrogen-bond donors (Lipinski definition) is 4. The first-order valence-corrected chi connectivity index (χ1v) is 16.9. The predicted molar refractivity (Wildman–Crippen MR) is 181 cm³/mol. The van der Waals surface area contributed by atoms with Crippen LogP contribution in [0.3, 0.4) is 0 Å². The van der Waals surface area contributed by atoms with Gasteiger partial charge in [-0.1, -0.05) is 65.8 Å². The van der Waals surface area contributed by atoms with Gasteiger partial charge >= 0.3 is 11.9 Å². The van der Waals surface area contributed by atoms with Crippen LogP contribution in [0.2, 0.25) is 0 Å². The molecule has 4 N–H and O–H groups in total. The highest BCUT2D eigenvalue weighted by atomic mass is 32.2. The molecule has 2 atom stereocenters. The largest absolute Gasteiger partial charge is 0.461 e. The van der Waals surface area contributed by atoms with E-state index in [1.165, 1.54) is 29.0 Å². The van der Waals surface area contributed by atoms with Gasteiger partial charge in [0.1, 0.15) is 29.4 Å². The maximum absolute atomic E-state index is 14.0. The van der Waals surface area contributed by atoms with Crippen molar-refractivity contribution in [2.45, 2.75) is 24.4 Å². The molecule has 5 amide bonds. The first-order chi connectivity index (χ1) is 24.7. The molecular weight excluding hydrogens is 707 g/mol. The lowest BCUT2D eigenvalue weighted by atomic mass is 10.0. The van der Waals surface area contributed by atoms with E-state index in [0.29, 0.717) is 23.1 Å². The number of amides is 5. The summed E-state index contributed by atoms with van der Waals surface area (Å²) in [4.78, 5) is 96.5. The Hall–Kier alpha value is -6.08. The van der Waals surface area contributed by atoms with Crippen LogP contribution in [0.4, 0.5) is 5.13 Å². The van der Waals surface area contributed by atoms with Gasteiger partial charge in [-0.15, -0.1) is 23.1 Å². The average Bonchev–Trinajstić information content (AvgIpc) is 3.61. The smallest absolute Gasteiger partial charge is 0.356 e. The molecule has 3 heterocycles. The van der Waals surface area contributed by atoms with Gasteiger partial charge in [0.15, 0.2) is 23.6 Å². The quantitative estimate of drug-likeness (QED) is 0.0526. The molecule has 0 bridgehead atoms. The Bertz CT molecular complexity index is 1830. The van der Waals surface area contributed by atoms with Crippen LogP contribution in [-0.2, 0) is 47.9 Å². The van der Waals surface area contributed by atoms with E-state index < -0.39 is 59.5 Å². The first kappa shape index (κ1) is 36.2. The fourth-order valence-electron chi connectivity index (χ4n) is 4.93. The second-order valence-corrected chi connectivity index (χ2v) is 12.5. The molecule has 2 aromatic carbocycles. The van der Waals surface area contributed by atoms with Crippen molar-refractivity contribution in [2.24, 2.45) is 5.16 Å². The summed E-state index contributed by atoms with van der Waals surface area (Å²) in [6.07, 6.45) is -0.228. The number of oxime groups is 1. The van der Waals surface area contributed by atoms with Crippen molar-refractivity contribution < 1.29 is 47.9 Å². The van der Waals surface area contributed by atoms with E-state index in [0.717, 1.165) is 11.3 Å². The molecule has 17 nitrogen and oxygen atoms in total. The molecular formula is C32H29N7O10S2.